The van der Waals surface area contributed by atoms with Gasteiger partial charge in [0.05, 0.1) is 6.42 Å². The normalized spacial score (nSPS) is 11.9. The lowest BCUT2D eigenvalue weighted by Crippen LogP contribution is -2.20. The Kier molecular flexibility index (Phi) is 2.90. The number of hydrogen-bond acceptors (Lipinski definition) is 5. The van der Waals surface area contributed by atoms with Crippen molar-refractivity contribution in [2.75, 3.05) is 5.73 Å². The zero-order valence-electron chi connectivity index (χ0n) is 10.3. The lowest BCUT2D eigenvalue weighted by Gasteiger charge is -2.20. The number of nitrogen functional groups attached to an aromatic ring is 1. The highest BCUT2D eigenvalue weighted by Gasteiger charge is 2.24. The maximum Gasteiger partial charge on any atom is 0.303 e. The SMILES string of the molecule is CC(C)(CC(=O)O)Cc1nc2ncnc(N)c2[nH]1. The summed E-state index contributed by atoms with van der Waals surface area (Å²) in [4.78, 5) is 26.0. The molecule has 4 N–H and O–H groups in total. The lowest BCUT2D eigenvalue weighted by molar-refractivity contribution is -0.139. The van der Waals surface area contributed by atoms with Crippen LogP contribution in [0.25, 0.3) is 11.2 Å². The van der Waals surface area contributed by atoms with Gasteiger partial charge in [-0.25, -0.2) is 15.0 Å². The fourth-order valence-corrected chi connectivity index (χ4v) is 1.90. The number of carbonyl (C=O) groups is 1. The molecule has 2 aromatic heterocycles. The van der Waals surface area contributed by atoms with Crippen LogP contribution in [0.15, 0.2) is 6.33 Å². The summed E-state index contributed by atoms with van der Waals surface area (Å²) >= 11 is 0. The van der Waals surface area contributed by atoms with E-state index in [2.05, 4.69) is 19.9 Å². The van der Waals surface area contributed by atoms with Gasteiger partial charge in [0.25, 0.3) is 0 Å². The van der Waals surface area contributed by atoms with Gasteiger partial charge in [-0.15, -0.1) is 0 Å². The first kappa shape index (κ1) is 12.3. The maximum absolute atomic E-state index is 10.8. The van der Waals surface area contributed by atoms with Gasteiger partial charge in [0, 0.05) is 6.42 Å². The molecule has 0 fully saturated rings. The fraction of sp³-hybridized carbons (Fsp3) is 0.455. The Morgan fingerprint density at radius 3 is 2.83 bits per heavy atom. The van der Waals surface area contributed by atoms with Crippen LogP contribution in [0.3, 0.4) is 0 Å². The van der Waals surface area contributed by atoms with E-state index in [0.717, 1.165) is 0 Å². The number of imidazole rings is 1. The molecular formula is C11H15N5O2. The van der Waals surface area contributed by atoms with Crippen molar-refractivity contribution in [3.8, 4) is 0 Å². The summed E-state index contributed by atoms with van der Waals surface area (Å²) in [6, 6.07) is 0. The number of carboxylic acid groups (broad SMARTS) is 1. The Labute approximate surface area is 103 Å². The highest BCUT2D eigenvalue weighted by atomic mass is 16.4. The third-order valence-corrected chi connectivity index (χ3v) is 2.64. The summed E-state index contributed by atoms with van der Waals surface area (Å²) in [5, 5.41) is 8.84. The Morgan fingerprint density at radius 2 is 2.22 bits per heavy atom. The molecule has 0 bridgehead atoms. The topological polar surface area (TPSA) is 118 Å². The Hall–Kier alpha value is -2.18. The average molecular weight is 249 g/mol. The van der Waals surface area contributed by atoms with Gasteiger partial charge in [-0.3, -0.25) is 4.79 Å². The molecule has 0 aliphatic rings. The van der Waals surface area contributed by atoms with E-state index in [9.17, 15) is 4.79 Å². The van der Waals surface area contributed by atoms with Gasteiger partial charge in [0.2, 0.25) is 0 Å². The van der Waals surface area contributed by atoms with Crippen molar-refractivity contribution in [3.63, 3.8) is 0 Å². The van der Waals surface area contributed by atoms with E-state index in [4.69, 9.17) is 10.8 Å². The summed E-state index contributed by atoms with van der Waals surface area (Å²) in [6.07, 6.45) is 1.94. The summed E-state index contributed by atoms with van der Waals surface area (Å²) in [7, 11) is 0. The molecule has 96 valence electrons. The average Bonchev–Trinajstić information content (AvgIpc) is 2.58. The minimum atomic E-state index is -0.824. The quantitative estimate of drug-likeness (QED) is 0.743. The number of fused-ring (bicyclic) bond motifs is 1. The molecule has 0 atom stereocenters. The molecule has 0 aromatic carbocycles. The fourth-order valence-electron chi connectivity index (χ4n) is 1.90. The van der Waals surface area contributed by atoms with Crippen molar-refractivity contribution in [2.45, 2.75) is 26.7 Å². The Morgan fingerprint density at radius 1 is 1.50 bits per heavy atom. The number of nitrogens with one attached hydrogen (secondary N) is 1. The molecule has 7 nitrogen and oxygen atoms in total. The number of carboxylic acids is 1. The Bertz CT molecular complexity index is 590. The van der Waals surface area contributed by atoms with Crippen LogP contribution >= 0.6 is 0 Å². The third-order valence-electron chi connectivity index (χ3n) is 2.64. The summed E-state index contributed by atoms with van der Waals surface area (Å²) in [5.74, 6) is 0.189. The predicted octanol–water partition coefficient (Wildman–Crippen LogP) is 0.978. The van der Waals surface area contributed by atoms with E-state index < -0.39 is 5.97 Å². The van der Waals surface area contributed by atoms with E-state index in [-0.39, 0.29) is 11.8 Å². The number of aromatic amines is 1. The van der Waals surface area contributed by atoms with Crippen molar-refractivity contribution in [1.82, 2.24) is 19.9 Å². The van der Waals surface area contributed by atoms with Gasteiger partial charge in [-0.1, -0.05) is 13.8 Å². The van der Waals surface area contributed by atoms with Crippen LogP contribution < -0.4 is 5.73 Å². The lowest BCUT2D eigenvalue weighted by atomic mass is 9.85. The standard InChI is InChI=1S/C11H15N5O2/c1-11(2,4-7(17)18)3-6-15-8-9(12)13-5-14-10(8)16-6/h5H,3-4H2,1-2H3,(H,17,18)(H3,12,13,14,15,16). The van der Waals surface area contributed by atoms with Crippen molar-refractivity contribution in [2.24, 2.45) is 5.41 Å². The van der Waals surface area contributed by atoms with Gasteiger partial charge >= 0.3 is 5.97 Å². The van der Waals surface area contributed by atoms with Crippen molar-refractivity contribution in [3.05, 3.63) is 12.2 Å². The number of rotatable bonds is 4. The Balaban J connectivity index is 2.27. The minimum Gasteiger partial charge on any atom is -0.481 e. The van der Waals surface area contributed by atoms with Crippen LogP contribution in [-0.4, -0.2) is 31.0 Å². The second-order valence-corrected chi connectivity index (χ2v) is 5.05. The molecule has 0 spiro atoms. The zero-order chi connectivity index (χ0) is 13.3. The molecule has 0 aliphatic carbocycles. The molecule has 2 rings (SSSR count). The molecule has 2 aromatic rings. The van der Waals surface area contributed by atoms with Crippen LogP contribution in [0.5, 0.6) is 0 Å². The molecule has 0 aliphatic heterocycles. The van der Waals surface area contributed by atoms with Gasteiger partial charge in [0.1, 0.15) is 17.7 Å². The first-order valence-corrected chi connectivity index (χ1v) is 5.54. The van der Waals surface area contributed by atoms with Crippen LogP contribution in [0.1, 0.15) is 26.1 Å². The largest absolute Gasteiger partial charge is 0.481 e. The van der Waals surface area contributed by atoms with E-state index in [1.165, 1.54) is 6.33 Å². The molecule has 0 unspecified atom stereocenters. The summed E-state index contributed by atoms with van der Waals surface area (Å²) < 4.78 is 0. The van der Waals surface area contributed by atoms with Crippen LogP contribution in [0.2, 0.25) is 0 Å². The highest BCUT2D eigenvalue weighted by Crippen LogP contribution is 2.26. The number of nitrogens with zero attached hydrogens (tertiary/aromatic N) is 3. The van der Waals surface area contributed by atoms with Gasteiger partial charge in [-0.2, -0.15) is 0 Å². The van der Waals surface area contributed by atoms with Gasteiger partial charge < -0.3 is 15.8 Å². The van der Waals surface area contributed by atoms with E-state index >= 15 is 0 Å². The predicted molar refractivity (Wildman–Crippen MR) is 65.8 cm³/mol. The number of anilines is 1. The zero-order valence-corrected chi connectivity index (χ0v) is 10.3. The van der Waals surface area contributed by atoms with Crippen LogP contribution in [0.4, 0.5) is 5.82 Å². The second-order valence-electron chi connectivity index (χ2n) is 5.05. The molecule has 0 saturated heterocycles. The van der Waals surface area contributed by atoms with Crippen molar-refractivity contribution >= 4 is 23.0 Å². The minimum absolute atomic E-state index is 0.0746. The smallest absolute Gasteiger partial charge is 0.303 e. The van der Waals surface area contributed by atoms with E-state index in [0.29, 0.717) is 29.2 Å². The number of aliphatic carboxylic acids is 1. The molecule has 0 amide bonds. The first-order valence-electron chi connectivity index (χ1n) is 5.54. The first-order chi connectivity index (χ1) is 8.37. The monoisotopic (exact) mass is 249 g/mol. The number of nitrogens with two attached hydrogens (primary N) is 1. The molecule has 2 heterocycles. The molecule has 0 radical (unpaired) electrons. The summed E-state index contributed by atoms with van der Waals surface area (Å²) in [5.41, 5.74) is 6.41. The van der Waals surface area contributed by atoms with E-state index in [1.54, 1.807) is 0 Å². The summed E-state index contributed by atoms with van der Waals surface area (Å²) in [6.45, 7) is 3.76. The molecule has 7 heteroatoms. The van der Waals surface area contributed by atoms with Crippen LogP contribution in [0, 0.1) is 5.41 Å². The van der Waals surface area contributed by atoms with Gasteiger partial charge in [0.15, 0.2) is 11.5 Å². The second kappa shape index (κ2) is 4.25. The number of H-pyrrole nitrogens is 1. The molecule has 18 heavy (non-hydrogen) atoms. The van der Waals surface area contributed by atoms with Crippen molar-refractivity contribution in [1.29, 1.82) is 0 Å². The third kappa shape index (κ3) is 2.55. The molecular weight excluding hydrogens is 234 g/mol. The van der Waals surface area contributed by atoms with Gasteiger partial charge in [-0.05, 0) is 5.41 Å². The number of aromatic nitrogens is 4. The highest BCUT2D eigenvalue weighted by molar-refractivity contribution is 5.81. The number of hydrogen-bond donors (Lipinski definition) is 3. The molecule has 0 saturated carbocycles. The van der Waals surface area contributed by atoms with Crippen LogP contribution in [-0.2, 0) is 11.2 Å². The van der Waals surface area contributed by atoms with E-state index in [1.807, 2.05) is 13.8 Å². The maximum atomic E-state index is 10.8. The van der Waals surface area contributed by atoms with Crippen molar-refractivity contribution < 1.29 is 9.90 Å².